The van der Waals surface area contributed by atoms with Crippen LogP contribution in [0.15, 0.2) is 16.7 Å². The summed E-state index contributed by atoms with van der Waals surface area (Å²) < 4.78 is 3.01. The van der Waals surface area contributed by atoms with Gasteiger partial charge in [-0.1, -0.05) is 19.3 Å². The predicted molar refractivity (Wildman–Crippen MR) is 81.4 cm³/mol. The van der Waals surface area contributed by atoms with Gasteiger partial charge in [-0.25, -0.2) is 0 Å². The number of carbonyl (C=O) groups is 1. The first-order chi connectivity index (χ1) is 9.17. The van der Waals surface area contributed by atoms with Crippen molar-refractivity contribution in [1.29, 1.82) is 0 Å². The Labute approximate surface area is 124 Å². The molecule has 1 fully saturated rings. The molecule has 1 aliphatic rings. The van der Waals surface area contributed by atoms with Gasteiger partial charge in [-0.3, -0.25) is 4.79 Å². The van der Waals surface area contributed by atoms with Crippen molar-refractivity contribution < 1.29 is 4.79 Å². The lowest BCUT2D eigenvalue weighted by atomic mass is 9.94. The van der Waals surface area contributed by atoms with Crippen LogP contribution < -0.4 is 0 Å². The Balaban J connectivity index is 2.19. The van der Waals surface area contributed by atoms with Gasteiger partial charge in [0.25, 0.3) is 5.91 Å². The molecule has 0 radical (unpaired) electrons. The van der Waals surface area contributed by atoms with E-state index in [4.69, 9.17) is 0 Å². The van der Waals surface area contributed by atoms with Gasteiger partial charge in [0.1, 0.15) is 5.69 Å². The molecule has 1 amide bonds. The van der Waals surface area contributed by atoms with Crippen molar-refractivity contribution in [1.82, 2.24) is 9.47 Å². The number of aryl methyl sites for hydroxylation is 1. The van der Waals surface area contributed by atoms with Crippen LogP contribution in [-0.2, 0) is 6.54 Å². The van der Waals surface area contributed by atoms with E-state index in [2.05, 4.69) is 34.7 Å². The second-order valence-electron chi connectivity index (χ2n) is 5.21. The molecule has 19 heavy (non-hydrogen) atoms. The summed E-state index contributed by atoms with van der Waals surface area (Å²) in [5.74, 6) is 0.182. The first-order valence-electron chi connectivity index (χ1n) is 7.34. The van der Waals surface area contributed by atoms with Crippen LogP contribution in [0, 0.1) is 0 Å². The van der Waals surface area contributed by atoms with Crippen LogP contribution in [0.1, 0.15) is 56.4 Å². The minimum atomic E-state index is 0.182. The molecule has 1 aliphatic carbocycles. The Morgan fingerprint density at radius 2 is 2.05 bits per heavy atom. The topological polar surface area (TPSA) is 25.2 Å². The largest absolute Gasteiger partial charge is 0.343 e. The van der Waals surface area contributed by atoms with Crippen LogP contribution in [0.25, 0.3) is 0 Å². The van der Waals surface area contributed by atoms with Gasteiger partial charge >= 0.3 is 0 Å². The fraction of sp³-hybridized carbons (Fsp3) is 0.667. The van der Waals surface area contributed by atoms with Crippen molar-refractivity contribution in [2.24, 2.45) is 0 Å². The Morgan fingerprint density at radius 1 is 1.37 bits per heavy atom. The second kappa shape index (κ2) is 6.60. The molecular formula is C15H23BrN2O. The summed E-state index contributed by atoms with van der Waals surface area (Å²) in [4.78, 5) is 14.8. The van der Waals surface area contributed by atoms with Gasteiger partial charge in [-0.15, -0.1) is 0 Å². The molecule has 0 N–H and O–H groups in total. The van der Waals surface area contributed by atoms with Crippen LogP contribution in [0.3, 0.4) is 0 Å². The van der Waals surface area contributed by atoms with E-state index in [9.17, 15) is 4.79 Å². The minimum absolute atomic E-state index is 0.182. The lowest BCUT2D eigenvalue weighted by molar-refractivity contribution is 0.0637. The molecule has 0 atom stereocenters. The number of nitrogens with zero attached hydrogens (tertiary/aromatic N) is 2. The molecule has 106 valence electrons. The maximum Gasteiger partial charge on any atom is 0.270 e. The van der Waals surface area contributed by atoms with Crippen LogP contribution in [0.2, 0.25) is 0 Å². The van der Waals surface area contributed by atoms with E-state index in [-0.39, 0.29) is 5.91 Å². The van der Waals surface area contributed by atoms with E-state index in [0.717, 1.165) is 36.1 Å². The number of rotatable bonds is 4. The third-order valence-electron chi connectivity index (χ3n) is 4.04. The standard InChI is InChI=1S/C15H23BrN2O/c1-3-17-11-12(16)10-14(17)15(19)18(4-2)13-8-6-5-7-9-13/h10-11,13H,3-9H2,1-2H3. The fourth-order valence-electron chi connectivity index (χ4n) is 3.02. The highest BCUT2D eigenvalue weighted by atomic mass is 79.9. The Morgan fingerprint density at radius 3 is 2.63 bits per heavy atom. The van der Waals surface area contributed by atoms with E-state index in [1.165, 1.54) is 19.3 Å². The van der Waals surface area contributed by atoms with Gasteiger partial charge in [0.15, 0.2) is 0 Å². The summed E-state index contributed by atoms with van der Waals surface area (Å²) in [6, 6.07) is 2.38. The van der Waals surface area contributed by atoms with E-state index >= 15 is 0 Å². The third-order valence-corrected chi connectivity index (χ3v) is 4.47. The van der Waals surface area contributed by atoms with E-state index in [1.54, 1.807) is 0 Å². The van der Waals surface area contributed by atoms with Crippen molar-refractivity contribution in [3.05, 3.63) is 22.4 Å². The molecule has 0 spiro atoms. The first kappa shape index (κ1) is 14.6. The Kier molecular flexibility index (Phi) is 5.08. The lowest BCUT2D eigenvalue weighted by Crippen LogP contribution is -2.42. The Hall–Kier alpha value is -0.770. The molecule has 0 aromatic carbocycles. The van der Waals surface area contributed by atoms with Crippen LogP contribution in [0.4, 0.5) is 0 Å². The van der Waals surface area contributed by atoms with Crippen LogP contribution >= 0.6 is 15.9 Å². The number of halogens is 1. The molecule has 0 unspecified atom stereocenters. The highest BCUT2D eigenvalue weighted by Crippen LogP contribution is 2.25. The number of hydrogen-bond acceptors (Lipinski definition) is 1. The zero-order valence-electron chi connectivity index (χ0n) is 11.9. The summed E-state index contributed by atoms with van der Waals surface area (Å²) in [5, 5.41) is 0. The zero-order valence-corrected chi connectivity index (χ0v) is 13.4. The molecule has 1 saturated carbocycles. The van der Waals surface area contributed by atoms with E-state index < -0.39 is 0 Å². The molecule has 1 aromatic heterocycles. The monoisotopic (exact) mass is 326 g/mol. The molecule has 4 heteroatoms. The van der Waals surface area contributed by atoms with Gasteiger partial charge in [-0.05, 0) is 48.7 Å². The average molecular weight is 327 g/mol. The summed E-state index contributed by atoms with van der Waals surface area (Å²) in [6.45, 7) is 5.78. The van der Waals surface area contributed by atoms with Gasteiger partial charge < -0.3 is 9.47 Å². The number of aromatic nitrogens is 1. The number of hydrogen-bond donors (Lipinski definition) is 0. The lowest BCUT2D eigenvalue weighted by Gasteiger charge is -2.33. The summed E-state index contributed by atoms with van der Waals surface area (Å²) >= 11 is 3.47. The molecule has 1 heterocycles. The number of carbonyl (C=O) groups excluding carboxylic acids is 1. The SMILES string of the molecule is CCN(C(=O)c1cc(Br)cn1CC)C1CCCCC1. The van der Waals surface area contributed by atoms with Crippen molar-refractivity contribution >= 4 is 21.8 Å². The fourth-order valence-corrected chi connectivity index (χ4v) is 3.49. The molecule has 0 aliphatic heterocycles. The summed E-state index contributed by atoms with van der Waals surface area (Å²) in [7, 11) is 0. The summed E-state index contributed by atoms with van der Waals surface area (Å²) in [5.41, 5.74) is 0.807. The second-order valence-corrected chi connectivity index (χ2v) is 6.13. The zero-order chi connectivity index (χ0) is 13.8. The molecule has 0 saturated heterocycles. The normalized spacial score (nSPS) is 16.6. The Bertz CT molecular complexity index is 435. The predicted octanol–water partition coefficient (Wildman–Crippen LogP) is 4.07. The van der Waals surface area contributed by atoms with Gasteiger partial charge in [0.2, 0.25) is 0 Å². The smallest absolute Gasteiger partial charge is 0.270 e. The van der Waals surface area contributed by atoms with E-state index in [1.807, 2.05) is 16.8 Å². The van der Waals surface area contributed by atoms with Crippen molar-refractivity contribution in [2.45, 2.75) is 58.5 Å². The molecular weight excluding hydrogens is 304 g/mol. The van der Waals surface area contributed by atoms with Crippen molar-refractivity contribution in [3.8, 4) is 0 Å². The number of amides is 1. The summed E-state index contributed by atoms with van der Waals surface area (Å²) in [6.07, 6.45) is 8.14. The maximum absolute atomic E-state index is 12.8. The van der Waals surface area contributed by atoms with Crippen LogP contribution in [0.5, 0.6) is 0 Å². The van der Waals surface area contributed by atoms with Gasteiger partial charge in [0, 0.05) is 29.8 Å². The molecule has 3 nitrogen and oxygen atoms in total. The molecule has 2 rings (SSSR count). The molecule has 0 bridgehead atoms. The minimum Gasteiger partial charge on any atom is -0.343 e. The highest BCUT2D eigenvalue weighted by Gasteiger charge is 2.26. The van der Waals surface area contributed by atoms with Crippen molar-refractivity contribution in [2.75, 3.05) is 6.54 Å². The third kappa shape index (κ3) is 3.22. The maximum atomic E-state index is 12.8. The van der Waals surface area contributed by atoms with Gasteiger partial charge in [-0.2, -0.15) is 0 Å². The molecule has 1 aromatic rings. The van der Waals surface area contributed by atoms with E-state index in [0.29, 0.717) is 6.04 Å². The first-order valence-corrected chi connectivity index (χ1v) is 8.13. The van der Waals surface area contributed by atoms with Gasteiger partial charge in [0.05, 0.1) is 0 Å². The highest BCUT2D eigenvalue weighted by molar-refractivity contribution is 9.10. The quantitative estimate of drug-likeness (QED) is 0.818. The average Bonchev–Trinajstić information content (AvgIpc) is 2.82. The van der Waals surface area contributed by atoms with Crippen LogP contribution in [-0.4, -0.2) is 28.0 Å². The van der Waals surface area contributed by atoms with Crippen molar-refractivity contribution in [3.63, 3.8) is 0 Å².